The summed E-state index contributed by atoms with van der Waals surface area (Å²) in [6, 6.07) is 5.76. The number of nitrogens with one attached hydrogen (secondary N) is 1. The van der Waals surface area contributed by atoms with Crippen molar-refractivity contribution < 1.29 is 4.74 Å². The van der Waals surface area contributed by atoms with Crippen LogP contribution in [0.4, 0.5) is 5.82 Å². The fourth-order valence-corrected chi connectivity index (χ4v) is 2.16. The Hall–Kier alpha value is -2.01. The van der Waals surface area contributed by atoms with Crippen LogP contribution in [0.15, 0.2) is 24.4 Å². The first-order chi connectivity index (χ1) is 9.38. The van der Waals surface area contributed by atoms with Gasteiger partial charge >= 0.3 is 0 Å². The van der Waals surface area contributed by atoms with E-state index in [0.29, 0.717) is 12.4 Å². The summed E-state index contributed by atoms with van der Waals surface area (Å²) < 4.78 is 5.49. The van der Waals surface area contributed by atoms with E-state index in [0.717, 1.165) is 42.3 Å². The standard InChI is InChI=1S/C14H16N4O/c1-2-15-13-10-9-19-8-6-11(10)17-14(18-13)12-5-3-4-7-16-12/h3-5,7H,2,6,8-9H2,1H3,(H,15,17,18). The summed E-state index contributed by atoms with van der Waals surface area (Å²) in [5.74, 6) is 1.55. The minimum Gasteiger partial charge on any atom is -0.376 e. The summed E-state index contributed by atoms with van der Waals surface area (Å²) in [6.07, 6.45) is 2.59. The predicted molar refractivity (Wildman–Crippen MR) is 72.8 cm³/mol. The van der Waals surface area contributed by atoms with Crippen LogP contribution in [0.3, 0.4) is 0 Å². The molecule has 0 spiro atoms. The molecule has 3 heterocycles. The Morgan fingerprint density at radius 2 is 2.26 bits per heavy atom. The van der Waals surface area contributed by atoms with Crippen LogP contribution < -0.4 is 5.32 Å². The molecule has 98 valence electrons. The molecule has 0 fully saturated rings. The molecule has 0 amide bonds. The fraction of sp³-hybridized carbons (Fsp3) is 0.357. The van der Waals surface area contributed by atoms with Crippen molar-refractivity contribution in [1.29, 1.82) is 0 Å². The highest BCUT2D eigenvalue weighted by molar-refractivity contribution is 5.56. The molecule has 2 aromatic heterocycles. The number of fused-ring (bicyclic) bond motifs is 1. The first kappa shape index (κ1) is 12.0. The molecular weight excluding hydrogens is 240 g/mol. The van der Waals surface area contributed by atoms with Crippen LogP contribution >= 0.6 is 0 Å². The van der Waals surface area contributed by atoms with Gasteiger partial charge in [0.2, 0.25) is 0 Å². The SMILES string of the molecule is CCNc1nc(-c2ccccn2)nc2c1COCC2. The van der Waals surface area contributed by atoms with Crippen molar-refractivity contribution in [2.45, 2.75) is 20.0 Å². The van der Waals surface area contributed by atoms with Crippen molar-refractivity contribution in [1.82, 2.24) is 15.0 Å². The third-order valence-corrected chi connectivity index (χ3v) is 3.06. The fourth-order valence-electron chi connectivity index (χ4n) is 2.16. The van der Waals surface area contributed by atoms with E-state index < -0.39 is 0 Å². The molecule has 5 nitrogen and oxygen atoms in total. The molecule has 1 aliphatic heterocycles. The summed E-state index contributed by atoms with van der Waals surface area (Å²) in [6.45, 7) is 4.18. The summed E-state index contributed by atoms with van der Waals surface area (Å²) in [5, 5.41) is 3.29. The maximum atomic E-state index is 5.49. The van der Waals surface area contributed by atoms with E-state index in [2.05, 4.69) is 27.2 Å². The van der Waals surface area contributed by atoms with Crippen molar-refractivity contribution in [3.8, 4) is 11.5 Å². The van der Waals surface area contributed by atoms with Crippen molar-refractivity contribution in [3.63, 3.8) is 0 Å². The van der Waals surface area contributed by atoms with Gasteiger partial charge in [-0.25, -0.2) is 9.97 Å². The van der Waals surface area contributed by atoms with E-state index in [-0.39, 0.29) is 0 Å². The third kappa shape index (κ3) is 2.42. The molecule has 1 N–H and O–H groups in total. The Morgan fingerprint density at radius 3 is 3.05 bits per heavy atom. The summed E-state index contributed by atoms with van der Waals surface area (Å²) in [5.41, 5.74) is 2.95. The number of nitrogens with zero attached hydrogens (tertiary/aromatic N) is 3. The Bertz CT molecular complexity index is 571. The van der Waals surface area contributed by atoms with E-state index in [9.17, 15) is 0 Å². The van der Waals surface area contributed by atoms with Gasteiger partial charge in [-0.2, -0.15) is 0 Å². The van der Waals surface area contributed by atoms with E-state index in [1.165, 1.54) is 0 Å². The molecule has 0 atom stereocenters. The molecule has 0 aromatic carbocycles. The van der Waals surface area contributed by atoms with Gasteiger partial charge < -0.3 is 10.1 Å². The van der Waals surface area contributed by atoms with Crippen LogP contribution in [0.2, 0.25) is 0 Å². The van der Waals surface area contributed by atoms with E-state index in [1.54, 1.807) is 6.20 Å². The highest BCUT2D eigenvalue weighted by atomic mass is 16.5. The van der Waals surface area contributed by atoms with Crippen LogP contribution in [-0.2, 0) is 17.8 Å². The second kappa shape index (κ2) is 5.32. The minimum atomic E-state index is 0.583. The molecular formula is C14H16N4O. The van der Waals surface area contributed by atoms with Crippen molar-refractivity contribution in [2.24, 2.45) is 0 Å². The lowest BCUT2D eigenvalue weighted by Gasteiger charge is -2.19. The van der Waals surface area contributed by atoms with Crippen LogP contribution in [-0.4, -0.2) is 28.1 Å². The van der Waals surface area contributed by atoms with E-state index >= 15 is 0 Å². The Kier molecular flexibility index (Phi) is 3.37. The summed E-state index contributed by atoms with van der Waals surface area (Å²) in [7, 11) is 0. The molecule has 3 rings (SSSR count). The second-order valence-corrected chi connectivity index (χ2v) is 4.37. The maximum Gasteiger partial charge on any atom is 0.180 e. The molecule has 19 heavy (non-hydrogen) atoms. The summed E-state index contributed by atoms with van der Waals surface area (Å²) in [4.78, 5) is 13.5. The molecule has 0 saturated carbocycles. The highest BCUT2D eigenvalue weighted by Crippen LogP contribution is 2.25. The molecule has 0 saturated heterocycles. The van der Waals surface area contributed by atoms with Gasteiger partial charge in [-0.15, -0.1) is 0 Å². The number of hydrogen-bond donors (Lipinski definition) is 1. The molecule has 0 bridgehead atoms. The smallest absolute Gasteiger partial charge is 0.180 e. The van der Waals surface area contributed by atoms with Gasteiger partial charge in [0.15, 0.2) is 5.82 Å². The van der Waals surface area contributed by atoms with Gasteiger partial charge in [-0.05, 0) is 19.1 Å². The number of pyridine rings is 1. The van der Waals surface area contributed by atoms with Crippen LogP contribution in [0, 0.1) is 0 Å². The third-order valence-electron chi connectivity index (χ3n) is 3.06. The molecule has 1 aliphatic rings. The first-order valence-corrected chi connectivity index (χ1v) is 6.51. The van der Waals surface area contributed by atoms with Crippen molar-refractivity contribution in [2.75, 3.05) is 18.5 Å². The molecule has 0 unspecified atom stereocenters. The zero-order chi connectivity index (χ0) is 13.1. The largest absolute Gasteiger partial charge is 0.376 e. The van der Waals surface area contributed by atoms with Gasteiger partial charge in [-0.3, -0.25) is 4.98 Å². The van der Waals surface area contributed by atoms with Crippen molar-refractivity contribution in [3.05, 3.63) is 35.7 Å². The van der Waals surface area contributed by atoms with Gasteiger partial charge in [-0.1, -0.05) is 6.07 Å². The molecule has 0 aliphatic carbocycles. The van der Waals surface area contributed by atoms with Crippen LogP contribution in [0.5, 0.6) is 0 Å². The predicted octanol–water partition coefficient (Wildman–Crippen LogP) is 2.04. The number of ether oxygens (including phenoxy) is 1. The summed E-state index contributed by atoms with van der Waals surface area (Å²) >= 11 is 0. The number of hydrogen-bond acceptors (Lipinski definition) is 5. The lowest BCUT2D eigenvalue weighted by molar-refractivity contribution is 0.109. The maximum absolute atomic E-state index is 5.49. The van der Waals surface area contributed by atoms with Gasteiger partial charge in [0, 0.05) is 24.7 Å². The Labute approximate surface area is 112 Å². The number of rotatable bonds is 3. The molecule has 5 heteroatoms. The van der Waals surface area contributed by atoms with Gasteiger partial charge in [0.05, 0.1) is 18.9 Å². The Balaban J connectivity index is 2.09. The topological polar surface area (TPSA) is 59.9 Å². The second-order valence-electron chi connectivity index (χ2n) is 4.37. The average Bonchev–Trinajstić information content (AvgIpc) is 2.48. The van der Waals surface area contributed by atoms with Gasteiger partial charge in [0.1, 0.15) is 11.5 Å². The zero-order valence-electron chi connectivity index (χ0n) is 10.9. The minimum absolute atomic E-state index is 0.583. The Morgan fingerprint density at radius 1 is 1.32 bits per heavy atom. The lowest BCUT2D eigenvalue weighted by Crippen LogP contribution is -2.17. The molecule has 0 radical (unpaired) electrons. The van der Waals surface area contributed by atoms with E-state index in [4.69, 9.17) is 4.74 Å². The number of aromatic nitrogens is 3. The van der Waals surface area contributed by atoms with Gasteiger partial charge in [0.25, 0.3) is 0 Å². The number of anilines is 1. The highest BCUT2D eigenvalue weighted by Gasteiger charge is 2.18. The van der Waals surface area contributed by atoms with E-state index in [1.807, 2.05) is 18.2 Å². The zero-order valence-corrected chi connectivity index (χ0v) is 10.9. The normalized spacial score (nSPS) is 13.9. The monoisotopic (exact) mass is 256 g/mol. The average molecular weight is 256 g/mol. The van der Waals surface area contributed by atoms with Crippen molar-refractivity contribution >= 4 is 5.82 Å². The first-order valence-electron chi connectivity index (χ1n) is 6.51. The lowest BCUT2D eigenvalue weighted by atomic mass is 10.1. The molecule has 2 aromatic rings. The van der Waals surface area contributed by atoms with Crippen LogP contribution in [0.1, 0.15) is 18.2 Å². The quantitative estimate of drug-likeness (QED) is 0.910. The van der Waals surface area contributed by atoms with Crippen LogP contribution in [0.25, 0.3) is 11.5 Å².